The molecule has 2 aliphatic rings. The van der Waals surface area contributed by atoms with E-state index in [0.717, 1.165) is 56.1 Å². The third-order valence-corrected chi connectivity index (χ3v) is 6.42. The summed E-state index contributed by atoms with van der Waals surface area (Å²) in [6.45, 7) is 5.40. The Morgan fingerprint density at radius 3 is 2.50 bits per heavy atom. The van der Waals surface area contributed by atoms with Gasteiger partial charge in [-0.2, -0.15) is 4.68 Å². The van der Waals surface area contributed by atoms with Gasteiger partial charge in [-0.15, -0.1) is 5.10 Å². The lowest BCUT2D eigenvalue weighted by atomic mass is 9.95. The Kier molecular flexibility index (Phi) is 6.21. The molecule has 1 aliphatic heterocycles. The summed E-state index contributed by atoms with van der Waals surface area (Å²) in [6, 6.07) is 10.2. The van der Waals surface area contributed by atoms with Gasteiger partial charge in [-0.1, -0.05) is 53.6 Å². The van der Waals surface area contributed by atoms with Gasteiger partial charge in [0.25, 0.3) is 5.95 Å². The van der Waals surface area contributed by atoms with Crippen molar-refractivity contribution in [3.63, 3.8) is 0 Å². The monoisotopic (exact) mass is 426 g/mol. The van der Waals surface area contributed by atoms with Crippen molar-refractivity contribution < 1.29 is 0 Å². The average Bonchev–Trinajstić information content (AvgIpc) is 3.30. The number of piperidine rings is 1. The van der Waals surface area contributed by atoms with Gasteiger partial charge < -0.3 is 4.90 Å². The molecule has 3 aromatic rings. The summed E-state index contributed by atoms with van der Waals surface area (Å²) >= 11 is 0. The van der Waals surface area contributed by atoms with Crippen LogP contribution in [-0.4, -0.2) is 49.3 Å². The number of nitrogens with zero attached hydrogens (tertiary/aromatic N) is 6. The van der Waals surface area contributed by atoms with Gasteiger partial charge in [0.05, 0.1) is 0 Å². The summed E-state index contributed by atoms with van der Waals surface area (Å²) in [5, 5.41) is 4.82. The summed E-state index contributed by atoms with van der Waals surface area (Å²) in [5.74, 6) is 2.66. The standard InChI is InChI=1S/C26H30N6/c1-20-8-10-22(11-9-20)24-29-25(32(30-24)26-27-15-5-16-28-26)23-13-18-31(19-14-23)17-12-21-6-3-2-4-7-21/h3,5-11,15-16,23H,2,4,12-14,17-19H2,1H3. The topological polar surface area (TPSA) is 59.7 Å². The van der Waals surface area contributed by atoms with Crippen molar-refractivity contribution >= 4 is 0 Å². The SMILES string of the molecule is Cc1ccc(-c2nc(C3CCN(CCC4=CCCC=C4)CC3)n(-c3ncccn3)n2)cc1. The quantitative estimate of drug-likeness (QED) is 0.562. The Bertz CT molecular complexity index is 1090. The first-order chi connectivity index (χ1) is 15.8. The molecule has 0 atom stereocenters. The maximum atomic E-state index is 4.99. The summed E-state index contributed by atoms with van der Waals surface area (Å²) in [5.41, 5.74) is 3.74. The van der Waals surface area contributed by atoms with Crippen LogP contribution in [0.3, 0.4) is 0 Å². The molecule has 0 saturated carbocycles. The van der Waals surface area contributed by atoms with Crippen LogP contribution in [0.25, 0.3) is 17.3 Å². The number of likely N-dealkylation sites (tertiary alicyclic amines) is 1. The molecule has 0 N–H and O–H groups in total. The molecule has 0 radical (unpaired) electrons. The van der Waals surface area contributed by atoms with Crippen molar-refractivity contribution in [1.29, 1.82) is 0 Å². The maximum Gasteiger partial charge on any atom is 0.252 e. The molecular weight excluding hydrogens is 396 g/mol. The first kappa shape index (κ1) is 20.8. The molecular formula is C26H30N6. The molecule has 164 valence electrons. The van der Waals surface area contributed by atoms with Gasteiger partial charge in [0.2, 0.25) is 0 Å². The summed E-state index contributed by atoms with van der Waals surface area (Å²) < 4.78 is 1.85. The van der Waals surface area contributed by atoms with E-state index in [1.165, 1.54) is 24.0 Å². The highest BCUT2D eigenvalue weighted by atomic mass is 15.4. The van der Waals surface area contributed by atoms with Crippen LogP contribution in [0.1, 0.15) is 49.4 Å². The van der Waals surface area contributed by atoms with Crippen LogP contribution in [0.2, 0.25) is 0 Å². The number of allylic oxidation sites excluding steroid dienone is 3. The number of hydrogen-bond acceptors (Lipinski definition) is 5. The zero-order valence-electron chi connectivity index (χ0n) is 18.7. The predicted molar refractivity (Wildman–Crippen MR) is 127 cm³/mol. The number of aryl methyl sites for hydroxylation is 1. The van der Waals surface area contributed by atoms with E-state index in [4.69, 9.17) is 10.1 Å². The first-order valence-electron chi connectivity index (χ1n) is 11.7. The fourth-order valence-electron chi connectivity index (χ4n) is 4.52. The van der Waals surface area contributed by atoms with E-state index in [-0.39, 0.29) is 0 Å². The van der Waals surface area contributed by atoms with E-state index in [2.05, 4.69) is 64.3 Å². The largest absolute Gasteiger partial charge is 0.303 e. The maximum absolute atomic E-state index is 4.99. The molecule has 1 aliphatic carbocycles. The lowest BCUT2D eigenvalue weighted by molar-refractivity contribution is 0.210. The minimum atomic E-state index is 0.357. The third kappa shape index (κ3) is 4.70. The molecule has 0 amide bonds. The minimum Gasteiger partial charge on any atom is -0.303 e. The molecule has 1 fully saturated rings. The van der Waals surface area contributed by atoms with Crippen LogP contribution in [0.15, 0.2) is 66.5 Å². The van der Waals surface area contributed by atoms with Crippen molar-refractivity contribution in [1.82, 2.24) is 29.6 Å². The van der Waals surface area contributed by atoms with Gasteiger partial charge in [-0.05, 0) is 58.2 Å². The summed E-state index contributed by atoms with van der Waals surface area (Å²) in [7, 11) is 0. The van der Waals surface area contributed by atoms with E-state index in [0.29, 0.717) is 11.9 Å². The highest BCUT2D eigenvalue weighted by Crippen LogP contribution is 2.30. The average molecular weight is 427 g/mol. The van der Waals surface area contributed by atoms with Crippen molar-refractivity contribution in [3.8, 4) is 17.3 Å². The fourth-order valence-corrected chi connectivity index (χ4v) is 4.52. The van der Waals surface area contributed by atoms with Gasteiger partial charge >= 0.3 is 0 Å². The Morgan fingerprint density at radius 1 is 1.00 bits per heavy atom. The number of rotatable bonds is 6. The fraction of sp³-hybridized carbons (Fsp3) is 0.385. The van der Waals surface area contributed by atoms with Gasteiger partial charge in [-0.25, -0.2) is 15.0 Å². The molecule has 6 nitrogen and oxygen atoms in total. The van der Waals surface area contributed by atoms with Crippen LogP contribution >= 0.6 is 0 Å². The first-order valence-corrected chi connectivity index (χ1v) is 11.7. The Hall–Kier alpha value is -3.12. The van der Waals surface area contributed by atoms with Crippen molar-refractivity contribution in [2.75, 3.05) is 19.6 Å². The highest BCUT2D eigenvalue weighted by molar-refractivity contribution is 5.55. The second kappa shape index (κ2) is 9.57. The summed E-state index contributed by atoms with van der Waals surface area (Å²) in [6.07, 6.45) is 16.2. The zero-order valence-corrected chi connectivity index (χ0v) is 18.7. The number of hydrogen-bond donors (Lipinski definition) is 0. The predicted octanol–water partition coefficient (Wildman–Crippen LogP) is 4.88. The van der Waals surface area contributed by atoms with Crippen LogP contribution in [-0.2, 0) is 0 Å². The zero-order chi connectivity index (χ0) is 21.8. The van der Waals surface area contributed by atoms with Crippen LogP contribution < -0.4 is 0 Å². The normalized spacial score (nSPS) is 17.5. The molecule has 0 bridgehead atoms. The van der Waals surface area contributed by atoms with Gasteiger partial charge in [0.1, 0.15) is 5.82 Å². The lowest BCUT2D eigenvalue weighted by Gasteiger charge is -2.31. The summed E-state index contributed by atoms with van der Waals surface area (Å²) in [4.78, 5) is 16.5. The highest BCUT2D eigenvalue weighted by Gasteiger charge is 2.27. The molecule has 2 aromatic heterocycles. The molecule has 1 aromatic carbocycles. The smallest absolute Gasteiger partial charge is 0.252 e. The minimum absolute atomic E-state index is 0.357. The Labute approximate surface area is 189 Å². The Balaban J connectivity index is 1.33. The van der Waals surface area contributed by atoms with Gasteiger partial charge in [-0.3, -0.25) is 0 Å². The van der Waals surface area contributed by atoms with E-state index in [1.54, 1.807) is 12.4 Å². The molecule has 0 spiro atoms. The van der Waals surface area contributed by atoms with Crippen molar-refractivity contribution in [2.24, 2.45) is 0 Å². The Morgan fingerprint density at radius 2 is 1.78 bits per heavy atom. The second-order valence-corrected chi connectivity index (χ2v) is 8.74. The van der Waals surface area contributed by atoms with Crippen LogP contribution in [0, 0.1) is 6.92 Å². The molecule has 32 heavy (non-hydrogen) atoms. The van der Waals surface area contributed by atoms with E-state index in [9.17, 15) is 0 Å². The van der Waals surface area contributed by atoms with Crippen LogP contribution in [0.5, 0.6) is 0 Å². The number of benzene rings is 1. The third-order valence-electron chi connectivity index (χ3n) is 6.42. The van der Waals surface area contributed by atoms with Crippen molar-refractivity contribution in [2.45, 2.75) is 44.9 Å². The van der Waals surface area contributed by atoms with E-state index >= 15 is 0 Å². The molecule has 1 saturated heterocycles. The van der Waals surface area contributed by atoms with Gasteiger partial charge in [0, 0.05) is 30.4 Å². The molecule has 5 rings (SSSR count). The molecule has 3 heterocycles. The van der Waals surface area contributed by atoms with E-state index < -0.39 is 0 Å². The molecule has 6 heteroatoms. The second-order valence-electron chi connectivity index (χ2n) is 8.74. The number of aromatic nitrogens is 5. The van der Waals surface area contributed by atoms with Crippen molar-refractivity contribution in [3.05, 3.63) is 77.9 Å². The molecule has 0 unspecified atom stereocenters. The van der Waals surface area contributed by atoms with E-state index in [1.807, 2.05) is 10.7 Å². The lowest BCUT2D eigenvalue weighted by Crippen LogP contribution is -2.34. The van der Waals surface area contributed by atoms with Crippen LogP contribution in [0.4, 0.5) is 0 Å². The van der Waals surface area contributed by atoms with Gasteiger partial charge in [0.15, 0.2) is 5.82 Å².